The molecule has 13 heavy (non-hydrogen) atoms. The van der Waals surface area contributed by atoms with Gasteiger partial charge < -0.3 is 5.11 Å². The highest BCUT2D eigenvalue weighted by Gasteiger charge is 1.87. The molecule has 0 amide bonds. The third-order valence-electron chi connectivity index (χ3n) is 1.12. The van der Waals surface area contributed by atoms with Crippen LogP contribution in [-0.4, -0.2) is 18.1 Å². The number of para-hydroxylation sites is 1. The van der Waals surface area contributed by atoms with Crippen molar-refractivity contribution in [2.24, 2.45) is 0 Å². The standard InChI is InChI=1S/C7H8O.ClHO3S/c1-6-4-2-3-5-7(6)8;1-5(2,3)4/h2-5,8H,1H3;(H,2,3,4). The normalized spacial score (nSPS) is 10.1. The summed E-state index contributed by atoms with van der Waals surface area (Å²) in [4.78, 5) is 0. The molecule has 0 aliphatic rings. The van der Waals surface area contributed by atoms with Crippen molar-refractivity contribution in [2.45, 2.75) is 6.92 Å². The lowest BCUT2D eigenvalue weighted by atomic mass is 10.2. The third-order valence-corrected chi connectivity index (χ3v) is 1.12. The Morgan fingerprint density at radius 3 is 1.92 bits per heavy atom. The van der Waals surface area contributed by atoms with Crippen LogP contribution < -0.4 is 0 Å². The van der Waals surface area contributed by atoms with Crippen molar-refractivity contribution in [3.63, 3.8) is 0 Å². The Morgan fingerprint density at radius 2 is 1.69 bits per heavy atom. The van der Waals surface area contributed by atoms with E-state index in [9.17, 15) is 0 Å². The van der Waals surface area contributed by atoms with Gasteiger partial charge in [-0.25, -0.2) is 0 Å². The van der Waals surface area contributed by atoms with Crippen molar-refractivity contribution in [1.29, 1.82) is 0 Å². The fourth-order valence-corrected chi connectivity index (χ4v) is 0.563. The molecule has 0 bridgehead atoms. The Kier molecular flexibility index (Phi) is 4.76. The summed E-state index contributed by atoms with van der Waals surface area (Å²) in [5, 5.41) is 8.92. The highest BCUT2D eigenvalue weighted by atomic mass is 35.7. The van der Waals surface area contributed by atoms with Crippen molar-refractivity contribution in [3.05, 3.63) is 29.8 Å². The summed E-state index contributed by atoms with van der Waals surface area (Å²) in [7, 11) is -0.137. The molecule has 4 nitrogen and oxygen atoms in total. The summed E-state index contributed by atoms with van der Waals surface area (Å²) < 4.78 is 25.2. The van der Waals surface area contributed by atoms with Crippen LogP contribution in [0.2, 0.25) is 0 Å². The van der Waals surface area contributed by atoms with Crippen molar-refractivity contribution in [1.82, 2.24) is 0 Å². The molecule has 1 rings (SSSR count). The molecule has 0 fully saturated rings. The van der Waals surface area contributed by atoms with Crippen LogP contribution in [0.1, 0.15) is 5.56 Å². The van der Waals surface area contributed by atoms with Gasteiger partial charge in [0.05, 0.1) is 0 Å². The lowest BCUT2D eigenvalue weighted by Crippen LogP contribution is -1.77. The predicted molar refractivity (Wildman–Crippen MR) is 50.2 cm³/mol. The summed E-state index contributed by atoms with van der Waals surface area (Å²) >= 11 is 0. The number of benzene rings is 1. The summed E-state index contributed by atoms with van der Waals surface area (Å²) in [6.45, 7) is 1.87. The fourth-order valence-electron chi connectivity index (χ4n) is 0.563. The molecule has 0 radical (unpaired) electrons. The number of rotatable bonds is 0. The van der Waals surface area contributed by atoms with Crippen molar-refractivity contribution in [2.75, 3.05) is 0 Å². The average molecular weight is 225 g/mol. The summed E-state index contributed by atoms with van der Waals surface area (Å²) in [6.07, 6.45) is 0. The molecule has 0 spiro atoms. The molecular formula is C7H9ClO4S. The minimum Gasteiger partial charge on any atom is -0.508 e. The molecule has 1 aromatic carbocycles. The molecule has 0 heterocycles. The van der Waals surface area contributed by atoms with E-state index in [0.29, 0.717) is 5.75 Å². The van der Waals surface area contributed by atoms with Gasteiger partial charge in [-0.1, -0.05) is 18.2 Å². The number of phenols is 1. The van der Waals surface area contributed by atoms with Crippen LogP contribution in [0.25, 0.3) is 0 Å². The van der Waals surface area contributed by atoms with Gasteiger partial charge in [-0.3, -0.25) is 4.55 Å². The van der Waals surface area contributed by atoms with E-state index in [-0.39, 0.29) is 0 Å². The second kappa shape index (κ2) is 5.06. The van der Waals surface area contributed by atoms with E-state index in [0.717, 1.165) is 5.56 Å². The van der Waals surface area contributed by atoms with E-state index in [1.54, 1.807) is 6.07 Å². The third kappa shape index (κ3) is 9.13. The van der Waals surface area contributed by atoms with Gasteiger partial charge in [-0.05, 0) is 18.6 Å². The van der Waals surface area contributed by atoms with Crippen LogP contribution in [0.5, 0.6) is 5.75 Å². The molecule has 0 aliphatic heterocycles. The lowest BCUT2D eigenvalue weighted by Gasteiger charge is -1.92. The first-order chi connectivity index (χ1) is 5.80. The number of phenolic OH excluding ortho intramolecular Hbond substituents is 1. The zero-order chi connectivity index (χ0) is 10.5. The minimum atomic E-state index is -4.19. The van der Waals surface area contributed by atoms with Gasteiger partial charge in [-0.2, -0.15) is 8.42 Å². The largest absolute Gasteiger partial charge is 0.508 e. The van der Waals surface area contributed by atoms with Gasteiger partial charge >= 0.3 is 9.33 Å². The van der Waals surface area contributed by atoms with E-state index >= 15 is 0 Å². The molecule has 6 heteroatoms. The summed E-state index contributed by atoms with van der Waals surface area (Å²) in [5.41, 5.74) is 0.924. The Labute approximate surface area is 81.0 Å². The summed E-state index contributed by atoms with van der Waals surface area (Å²) in [6, 6.07) is 7.25. The number of hydrogen-bond donors (Lipinski definition) is 2. The zero-order valence-corrected chi connectivity index (χ0v) is 8.38. The first-order valence-corrected chi connectivity index (χ1v) is 5.49. The average Bonchev–Trinajstić information content (AvgIpc) is 1.92. The molecule has 0 saturated carbocycles. The maximum Gasteiger partial charge on any atom is 0.353 e. The zero-order valence-electron chi connectivity index (χ0n) is 6.81. The lowest BCUT2D eigenvalue weighted by molar-refractivity contribution is 0.471. The second-order valence-electron chi connectivity index (χ2n) is 2.20. The smallest absolute Gasteiger partial charge is 0.353 e. The van der Waals surface area contributed by atoms with Crippen LogP contribution in [0.15, 0.2) is 24.3 Å². The van der Waals surface area contributed by atoms with E-state index < -0.39 is 9.33 Å². The Hall–Kier alpha value is -0.780. The topological polar surface area (TPSA) is 74.6 Å². The van der Waals surface area contributed by atoms with Crippen molar-refractivity contribution >= 4 is 20.0 Å². The van der Waals surface area contributed by atoms with Gasteiger partial charge in [-0.15, -0.1) is 0 Å². The van der Waals surface area contributed by atoms with Gasteiger partial charge in [0.15, 0.2) is 0 Å². The van der Waals surface area contributed by atoms with Crippen LogP contribution in [0.3, 0.4) is 0 Å². The van der Waals surface area contributed by atoms with Crippen molar-refractivity contribution < 1.29 is 18.1 Å². The molecule has 0 unspecified atom stereocenters. The maximum atomic E-state index is 8.95. The number of aryl methyl sites for hydroxylation is 1. The molecule has 2 N–H and O–H groups in total. The molecule has 74 valence electrons. The van der Waals surface area contributed by atoms with E-state index in [1.807, 2.05) is 25.1 Å². The van der Waals surface area contributed by atoms with E-state index in [2.05, 4.69) is 10.7 Å². The van der Waals surface area contributed by atoms with E-state index in [4.69, 9.17) is 18.1 Å². The summed E-state index contributed by atoms with van der Waals surface area (Å²) in [5.74, 6) is 0.368. The molecular weight excluding hydrogens is 216 g/mol. The molecule has 1 aromatic rings. The van der Waals surface area contributed by atoms with E-state index in [1.165, 1.54) is 0 Å². The highest BCUT2D eigenvalue weighted by molar-refractivity contribution is 8.09. The van der Waals surface area contributed by atoms with Crippen LogP contribution in [0, 0.1) is 6.92 Å². The SMILES string of the molecule is Cc1ccccc1O.O=S(=O)(O)Cl. The van der Waals surface area contributed by atoms with Crippen molar-refractivity contribution in [3.8, 4) is 5.75 Å². The quantitative estimate of drug-likeness (QED) is 0.520. The number of hydrogen-bond acceptors (Lipinski definition) is 3. The number of aromatic hydroxyl groups is 1. The van der Waals surface area contributed by atoms with Gasteiger partial charge in [0.1, 0.15) is 5.75 Å². The highest BCUT2D eigenvalue weighted by Crippen LogP contribution is 2.12. The Morgan fingerprint density at radius 1 is 1.31 bits per heavy atom. The molecule has 0 aliphatic carbocycles. The molecule has 0 atom stereocenters. The first kappa shape index (κ1) is 12.2. The fraction of sp³-hybridized carbons (Fsp3) is 0.143. The van der Waals surface area contributed by atoms with Crippen LogP contribution in [0.4, 0.5) is 0 Å². The second-order valence-corrected chi connectivity index (χ2v) is 4.19. The van der Waals surface area contributed by atoms with Gasteiger partial charge in [0.25, 0.3) is 0 Å². The predicted octanol–water partition coefficient (Wildman–Crippen LogP) is 1.73. The Balaban J connectivity index is 0.000000252. The van der Waals surface area contributed by atoms with Gasteiger partial charge in [0.2, 0.25) is 0 Å². The molecule has 0 saturated heterocycles. The monoisotopic (exact) mass is 224 g/mol. The maximum absolute atomic E-state index is 8.95. The van der Waals surface area contributed by atoms with Gasteiger partial charge in [0, 0.05) is 10.7 Å². The first-order valence-electron chi connectivity index (χ1n) is 3.22. The Bertz CT molecular complexity index is 332. The number of halogens is 1. The minimum absolute atomic E-state index is 0.368. The van der Waals surface area contributed by atoms with Crippen LogP contribution in [-0.2, 0) is 9.33 Å². The molecule has 0 aromatic heterocycles. The van der Waals surface area contributed by atoms with Crippen LogP contribution >= 0.6 is 10.7 Å².